The van der Waals surface area contributed by atoms with E-state index in [0.717, 1.165) is 36.5 Å². The SMILES string of the molecule is CCCn1c(CN(CC(=O)c2ccc(Cl)c(Cl)c2)CC(C)C)nc2cccnc21. The molecule has 0 N–H and O–H groups in total. The van der Waals surface area contributed by atoms with E-state index in [4.69, 9.17) is 28.2 Å². The second kappa shape index (κ2) is 9.70. The molecule has 0 amide bonds. The molecular formula is C22H26Cl2N4O. The fourth-order valence-electron chi connectivity index (χ4n) is 3.45. The zero-order valence-corrected chi connectivity index (χ0v) is 18.5. The molecule has 29 heavy (non-hydrogen) atoms. The smallest absolute Gasteiger partial charge is 0.176 e. The van der Waals surface area contributed by atoms with Crippen molar-refractivity contribution in [2.24, 2.45) is 5.92 Å². The monoisotopic (exact) mass is 432 g/mol. The van der Waals surface area contributed by atoms with Gasteiger partial charge >= 0.3 is 0 Å². The maximum atomic E-state index is 12.9. The van der Waals surface area contributed by atoms with Gasteiger partial charge in [-0.2, -0.15) is 0 Å². The number of benzene rings is 1. The Labute approximate surface area is 181 Å². The second-order valence-corrected chi connectivity index (χ2v) is 8.46. The molecule has 3 rings (SSSR count). The Morgan fingerprint density at radius 1 is 1.21 bits per heavy atom. The molecule has 0 aliphatic heterocycles. The Morgan fingerprint density at radius 3 is 2.69 bits per heavy atom. The molecule has 2 heterocycles. The van der Waals surface area contributed by atoms with E-state index >= 15 is 0 Å². The standard InChI is InChI=1S/C22H26Cl2N4O/c1-4-10-28-21(26-19-6-5-9-25-22(19)28)14-27(12-15(2)3)13-20(29)16-7-8-17(23)18(24)11-16/h5-9,11,15H,4,10,12-14H2,1-3H3. The summed E-state index contributed by atoms with van der Waals surface area (Å²) in [5.74, 6) is 1.36. The van der Waals surface area contributed by atoms with E-state index < -0.39 is 0 Å². The van der Waals surface area contributed by atoms with Gasteiger partial charge in [-0.1, -0.05) is 44.0 Å². The maximum Gasteiger partial charge on any atom is 0.176 e. The third kappa shape index (κ3) is 5.35. The summed E-state index contributed by atoms with van der Waals surface area (Å²) in [4.78, 5) is 24.3. The number of ketones is 1. The van der Waals surface area contributed by atoms with Crippen LogP contribution in [0.3, 0.4) is 0 Å². The lowest BCUT2D eigenvalue weighted by Crippen LogP contribution is -2.33. The summed E-state index contributed by atoms with van der Waals surface area (Å²) in [6.45, 7) is 8.94. The number of nitrogens with zero attached hydrogens (tertiary/aromatic N) is 4. The molecule has 2 aromatic heterocycles. The fraction of sp³-hybridized carbons (Fsp3) is 0.409. The molecule has 0 aliphatic carbocycles. The Morgan fingerprint density at radius 2 is 2.00 bits per heavy atom. The van der Waals surface area contributed by atoms with Gasteiger partial charge in [-0.25, -0.2) is 9.97 Å². The summed E-state index contributed by atoms with van der Waals surface area (Å²) in [6.07, 6.45) is 2.78. The molecule has 0 unspecified atom stereocenters. The van der Waals surface area contributed by atoms with Gasteiger partial charge in [-0.3, -0.25) is 9.69 Å². The minimum atomic E-state index is 0.0143. The molecule has 0 radical (unpaired) electrons. The first-order valence-electron chi connectivity index (χ1n) is 9.89. The number of fused-ring (bicyclic) bond motifs is 1. The van der Waals surface area contributed by atoms with Crippen molar-refractivity contribution in [1.29, 1.82) is 0 Å². The van der Waals surface area contributed by atoms with Crippen molar-refractivity contribution in [3.8, 4) is 0 Å². The number of hydrogen-bond donors (Lipinski definition) is 0. The highest BCUT2D eigenvalue weighted by Crippen LogP contribution is 2.23. The molecule has 5 nitrogen and oxygen atoms in total. The van der Waals surface area contributed by atoms with Gasteiger partial charge in [-0.15, -0.1) is 0 Å². The second-order valence-electron chi connectivity index (χ2n) is 7.64. The van der Waals surface area contributed by atoms with E-state index in [9.17, 15) is 4.79 Å². The molecule has 0 bridgehead atoms. The predicted octanol–water partition coefficient (Wildman–Crippen LogP) is 5.49. The van der Waals surface area contributed by atoms with E-state index in [1.165, 1.54) is 0 Å². The fourth-order valence-corrected chi connectivity index (χ4v) is 3.75. The van der Waals surface area contributed by atoms with Crippen molar-refractivity contribution in [2.45, 2.75) is 40.3 Å². The van der Waals surface area contributed by atoms with Crippen LogP contribution < -0.4 is 0 Å². The van der Waals surface area contributed by atoms with Gasteiger partial charge in [-0.05, 0) is 42.7 Å². The van der Waals surface area contributed by atoms with Crippen molar-refractivity contribution >= 4 is 40.1 Å². The topological polar surface area (TPSA) is 51.0 Å². The largest absolute Gasteiger partial charge is 0.312 e. The number of aromatic nitrogens is 3. The molecule has 3 aromatic rings. The summed E-state index contributed by atoms with van der Waals surface area (Å²) in [7, 11) is 0. The highest BCUT2D eigenvalue weighted by molar-refractivity contribution is 6.42. The van der Waals surface area contributed by atoms with Crippen molar-refractivity contribution < 1.29 is 4.79 Å². The van der Waals surface area contributed by atoms with E-state index in [-0.39, 0.29) is 5.78 Å². The lowest BCUT2D eigenvalue weighted by Gasteiger charge is -2.23. The van der Waals surface area contributed by atoms with Gasteiger partial charge in [0.05, 0.1) is 23.1 Å². The summed E-state index contributed by atoms with van der Waals surface area (Å²) in [5, 5.41) is 0.840. The lowest BCUT2D eigenvalue weighted by molar-refractivity contribution is 0.0913. The van der Waals surface area contributed by atoms with Crippen molar-refractivity contribution in [2.75, 3.05) is 13.1 Å². The third-order valence-electron chi connectivity index (χ3n) is 4.63. The van der Waals surface area contributed by atoms with Crippen LogP contribution in [-0.2, 0) is 13.1 Å². The number of carbonyl (C=O) groups is 1. The molecule has 0 aliphatic rings. The highest BCUT2D eigenvalue weighted by Gasteiger charge is 2.19. The van der Waals surface area contributed by atoms with Crippen LogP contribution in [0.1, 0.15) is 43.4 Å². The van der Waals surface area contributed by atoms with Crippen LogP contribution in [0.25, 0.3) is 11.2 Å². The van der Waals surface area contributed by atoms with Gasteiger partial charge in [0.15, 0.2) is 11.4 Å². The quantitative estimate of drug-likeness (QED) is 0.419. The van der Waals surface area contributed by atoms with Crippen LogP contribution in [0.2, 0.25) is 10.0 Å². The third-order valence-corrected chi connectivity index (χ3v) is 5.37. The number of Topliss-reactive ketones (excluding diaryl/α,β-unsaturated/α-hetero) is 1. The molecule has 0 spiro atoms. The van der Waals surface area contributed by atoms with Crippen molar-refractivity contribution in [3.05, 3.63) is 58.0 Å². The van der Waals surface area contributed by atoms with Crippen LogP contribution in [-0.4, -0.2) is 38.3 Å². The summed E-state index contributed by atoms with van der Waals surface area (Å²) in [5.41, 5.74) is 2.35. The lowest BCUT2D eigenvalue weighted by atomic mass is 10.1. The normalized spacial score (nSPS) is 11.7. The summed E-state index contributed by atoms with van der Waals surface area (Å²) in [6, 6.07) is 8.90. The summed E-state index contributed by atoms with van der Waals surface area (Å²) >= 11 is 12.1. The minimum Gasteiger partial charge on any atom is -0.312 e. The Kier molecular flexibility index (Phi) is 7.28. The number of aryl methyl sites for hydroxylation is 1. The molecule has 7 heteroatoms. The average molecular weight is 433 g/mol. The maximum absolute atomic E-state index is 12.9. The number of hydrogen-bond acceptors (Lipinski definition) is 4. The molecule has 0 saturated heterocycles. The zero-order valence-electron chi connectivity index (χ0n) is 17.0. The van der Waals surface area contributed by atoms with Crippen LogP contribution >= 0.6 is 23.2 Å². The first-order valence-corrected chi connectivity index (χ1v) is 10.6. The van der Waals surface area contributed by atoms with Crippen LogP contribution in [0, 0.1) is 5.92 Å². The first-order chi connectivity index (χ1) is 13.9. The number of rotatable bonds is 9. The number of pyridine rings is 1. The number of imidazole rings is 1. The van der Waals surface area contributed by atoms with Gasteiger partial charge in [0, 0.05) is 24.8 Å². The van der Waals surface area contributed by atoms with Crippen LogP contribution in [0.4, 0.5) is 0 Å². The van der Waals surface area contributed by atoms with Gasteiger partial charge in [0.2, 0.25) is 0 Å². The Bertz CT molecular complexity index is 1000. The van der Waals surface area contributed by atoms with Gasteiger partial charge < -0.3 is 4.57 Å². The number of carbonyl (C=O) groups excluding carboxylic acids is 1. The van der Waals surface area contributed by atoms with Gasteiger partial charge in [0.1, 0.15) is 11.3 Å². The van der Waals surface area contributed by atoms with Crippen molar-refractivity contribution in [1.82, 2.24) is 19.4 Å². The predicted molar refractivity (Wildman–Crippen MR) is 119 cm³/mol. The summed E-state index contributed by atoms with van der Waals surface area (Å²) < 4.78 is 2.16. The molecule has 0 atom stereocenters. The number of halogens is 2. The highest BCUT2D eigenvalue weighted by atomic mass is 35.5. The average Bonchev–Trinajstić information content (AvgIpc) is 3.01. The molecular weight excluding hydrogens is 407 g/mol. The van der Waals surface area contributed by atoms with Crippen LogP contribution in [0.15, 0.2) is 36.5 Å². The Hall–Kier alpha value is -1.95. The van der Waals surface area contributed by atoms with E-state index in [2.05, 4.69) is 35.2 Å². The van der Waals surface area contributed by atoms with E-state index in [1.54, 1.807) is 24.4 Å². The first kappa shape index (κ1) is 21.8. The van der Waals surface area contributed by atoms with Crippen molar-refractivity contribution in [3.63, 3.8) is 0 Å². The molecule has 0 saturated carbocycles. The van der Waals surface area contributed by atoms with Crippen LogP contribution in [0.5, 0.6) is 0 Å². The molecule has 154 valence electrons. The molecule has 0 fully saturated rings. The Balaban J connectivity index is 1.85. The van der Waals surface area contributed by atoms with E-state index in [1.807, 2.05) is 12.1 Å². The zero-order chi connectivity index (χ0) is 21.0. The molecule has 1 aromatic carbocycles. The van der Waals surface area contributed by atoms with Gasteiger partial charge in [0.25, 0.3) is 0 Å². The minimum absolute atomic E-state index is 0.0143. The van der Waals surface area contributed by atoms with E-state index in [0.29, 0.717) is 34.6 Å².